The first kappa shape index (κ1) is 26.2. The predicted molar refractivity (Wildman–Crippen MR) is 148 cm³/mol. The van der Waals surface area contributed by atoms with E-state index in [9.17, 15) is 4.79 Å². The molecule has 1 amide bonds. The lowest BCUT2D eigenvalue weighted by molar-refractivity contribution is -0.122. The van der Waals surface area contributed by atoms with E-state index in [1.165, 1.54) is 5.57 Å². The van der Waals surface area contributed by atoms with Gasteiger partial charge in [0.25, 0.3) is 0 Å². The molecule has 194 valence electrons. The summed E-state index contributed by atoms with van der Waals surface area (Å²) >= 11 is 0. The molecule has 0 fully saturated rings. The quantitative estimate of drug-likeness (QED) is 0.356. The minimum atomic E-state index is -0.248. The minimum Gasteiger partial charge on any atom is -0.493 e. The van der Waals surface area contributed by atoms with Crippen LogP contribution in [0.4, 0.5) is 5.69 Å². The Bertz CT molecular complexity index is 1300. The number of benzene rings is 2. The van der Waals surface area contributed by atoms with Crippen molar-refractivity contribution in [3.05, 3.63) is 72.5 Å². The number of methoxy groups -OCH3 is 2. The van der Waals surface area contributed by atoms with Gasteiger partial charge in [-0.25, -0.2) is 0 Å². The number of aromatic nitrogens is 1. The first-order chi connectivity index (χ1) is 17.9. The minimum absolute atomic E-state index is 0.0206. The summed E-state index contributed by atoms with van der Waals surface area (Å²) in [5.41, 5.74) is 2.72. The SMILES string of the molecule is COc1cc2nccc(Oc3ccc(NC(=O)C(C(C)C)N(C)CC4=CCCC=C4)cc3)c2cc1OC. The number of nitrogens with one attached hydrogen (secondary N) is 1. The third-order valence-electron chi connectivity index (χ3n) is 6.44. The standard InChI is InChI=1S/C30H35N3O4/c1-20(2)29(33(3)19-21-9-7-6-8-10-21)30(34)32-22-11-13-23(14-12-22)37-26-15-16-31-25-18-28(36-5)27(35-4)17-24(25)26/h7,9-18,20,29H,6,8,19H2,1-5H3,(H,32,34). The molecule has 2 aromatic carbocycles. The molecule has 1 aliphatic carbocycles. The van der Waals surface area contributed by atoms with Gasteiger partial charge in [0.05, 0.1) is 25.8 Å². The number of ether oxygens (including phenoxy) is 3. The molecule has 0 spiro atoms. The summed E-state index contributed by atoms with van der Waals surface area (Å²) in [6.07, 6.45) is 10.4. The molecular formula is C30H35N3O4. The van der Waals surface area contributed by atoms with Gasteiger partial charge in [0, 0.05) is 29.9 Å². The molecule has 0 saturated carbocycles. The monoisotopic (exact) mass is 501 g/mol. The Balaban J connectivity index is 1.46. The summed E-state index contributed by atoms with van der Waals surface area (Å²) < 4.78 is 17.0. The zero-order valence-corrected chi connectivity index (χ0v) is 22.2. The third-order valence-corrected chi connectivity index (χ3v) is 6.44. The molecule has 1 unspecified atom stereocenters. The van der Waals surface area contributed by atoms with Crippen molar-refractivity contribution in [1.82, 2.24) is 9.88 Å². The average molecular weight is 502 g/mol. The fourth-order valence-electron chi connectivity index (χ4n) is 4.67. The van der Waals surface area contributed by atoms with E-state index in [1.54, 1.807) is 20.4 Å². The summed E-state index contributed by atoms with van der Waals surface area (Å²) in [6.45, 7) is 4.90. The fraction of sp³-hybridized carbons (Fsp3) is 0.333. The maximum Gasteiger partial charge on any atom is 0.241 e. The van der Waals surface area contributed by atoms with Crippen LogP contribution in [0.2, 0.25) is 0 Å². The average Bonchev–Trinajstić information content (AvgIpc) is 2.89. The Morgan fingerprint density at radius 1 is 1.03 bits per heavy atom. The fourth-order valence-corrected chi connectivity index (χ4v) is 4.67. The highest BCUT2D eigenvalue weighted by Gasteiger charge is 2.27. The molecule has 1 aliphatic rings. The number of rotatable bonds is 10. The highest BCUT2D eigenvalue weighted by atomic mass is 16.5. The second kappa shape index (κ2) is 11.9. The van der Waals surface area contributed by atoms with Gasteiger partial charge < -0.3 is 19.5 Å². The van der Waals surface area contributed by atoms with Crippen LogP contribution >= 0.6 is 0 Å². The van der Waals surface area contributed by atoms with Gasteiger partial charge in [0.1, 0.15) is 11.5 Å². The maximum atomic E-state index is 13.2. The highest BCUT2D eigenvalue weighted by Crippen LogP contribution is 2.37. The van der Waals surface area contributed by atoms with Gasteiger partial charge in [-0.3, -0.25) is 14.7 Å². The van der Waals surface area contributed by atoms with Crippen LogP contribution < -0.4 is 19.5 Å². The number of hydrogen-bond acceptors (Lipinski definition) is 6. The van der Waals surface area contributed by atoms with Crippen LogP contribution in [-0.2, 0) is 4.79 Å². The number of likely N-dealkylation sites (N-methyl/N-ethyl adjacent to an activating group) is 1. The number of anilines is 1. The van der Waals surface area contributed by atoms with Crippen molar-refractivity contribution in [2.24, 2.45) is 5.92 Å². The molecule has 3 aromatic rings. The molecule has 0 bridgehead atoms. The summed E-state index contributed by atoms with van der Waals surface area (Å²) in [5, 5.41) is 3.88. The number of pyridine rings is 1. The summed E-state index contributed by atoms with van der Waals surface area (Å²) in [7, 11) is 5.20. The number of amides is 1. The van der Waals surface area contributed by atoms with Gasteiger partial charge >= 0.3 is 0 Å². The molecule has 4 rings (SSSR count). The van der Waals surface area contributed by atoms with Crippen molar-refractivity contribution in [1.29, 1.82) is 0 Å². The molecule has 0 radical (unpaired) electrons. The van der Waals surface area contributed by atoms with Crippen LogP contribution in [0.1, 0.15) is 26.7 Å². The van der Waals surface area contributed by atoms with Crippen molar-refractivity contribution >= 4 is 22.5 Å². The number of nitrogens with zero attached hydrogens (tertiary/aromatic N) is 2. The zero-order valence-electron chi connectivity index (χ0n) is 22.2. The molecule has 0 aliphatic heterocycles. The van der Waals surface area contributed by atoms with E-state index in [4.69, 9.17) is 14.2 Å². The Morgan fingerprint density at radius 3 is 2.41 bits per heavy atom. The lowest BCUT2D eigenvalue weighted by atomic mass is 10.00. The number of fused-ring (bicyclic) bond motifs is 1. The molecule has 1 N–H and O–H groups in total. The van der Waals surface area contributed by atoms with Crippen molar-refractivity contribution < 1.29 is 19.0 Å². The molecule has 1 heterocycles. The first-order valence-electron chi connectivity index (χ1n) is 12.5. The van der Waals surface area contributed by atoms with Crippen LogP contribution in [0, 0.1) is 5.92 Å². The van der Waals surface area contributed by atoms with Crippen LogP contribution in [0.25, 0.3) is 10.9 Å². The van der Waals surface area contributed by atoms with Crippen molar-refractivity contribution in [2.75, 3.05) is 33.1 Å². The van der Waals surface area contributed by atoms with E-state index < -0.39 is 0 Å². The molecule has 1 atom stereocenters. The summed E-state index contributed by atoms with van der Waals surface area (Å²) in [6, 6.07) is 12.6. The van der Waals surface area contributed by atoms with Crippen LogP contribution in [0.3, 0.4) is 0 Å². The van der Waals surface area contributed by atoms with Gasteiger partial charge in [0.15, 0.2) is 11.5 Å². The van der Waals surface area contributed by atoms with Gasteiger partial charge in [-0.1, -0.05) is 32.1 Å². The molecule has 1 aromatic heterocycles. The van der Waals surface area contributed by atoms with Gasteiger partial charge in [-0.15, -0.1) is 0 Å². The Hall–Kier alpha value is -3.84. The Labute approximate surface area is 218 Å². The van der Waals surface area contributed by atoms with Crippen molar-refractivity contribution in [3.63, 3.8) is 0 Å². The van der Waals surface area contributed by atoms with E-state index in [0.717, 1.165) is 36.0 Å². The van der Waals surface area contributed by atoms with Crippen LogP contribution in [0.5, 0.6) is 23.0 Å². The summed E-state index contributed by atoms with van der Waals surface area (Å²) in [5.74, 6) is 2.65. The second-order valence-electron chi connectivity index (χ2n) is 9.51. The maximum absolute atomic E-state index is 13.2. The molecular weight excluding hydrogens is 466 g/mol. The highest BCUT2D eigenvalue weighted by molar-refractivity contribution is 5.95. The largest absolute Gasteiger partial charge is 0.493 e. The first-order valence-corrected chi connectivity index (χ1v) is 12.5. The molecule has 7 heteroatoms. The normalized spacial score (nSPS) is 14.0. The van der Waals surface area contributed by atoms with Crippen molar-refractivity contribution in [2.45, 2.75) is 32.7 Å². The van der Waals surface area contributed by atoms with E-state index in [2.05, 4.69) is 47.3 Å². The smallest absolute Gasteiger partial charge is 0.241 e. The lowest BCUT2D eigenvalue weighted by Crippen LogP contribution is -2.46. The summed E-state index contributed by atoms with van der Waals surface area (Å²) in [4.78, 5) is 19.8. The zero-order chi connectivity index (χ0) is 26.4. The van der Waals surface area contributed by atoms with E-state index >= 15 is 0 Å². The lowest BCUT2D eigenvalue weighted by Gasteiger charge is -2.30. The van der Waals surface area contributed by atoms with Gasteiger partial charge in [0.2, 0.25) is 5.91 Å². The number of allylic oxidation sites excluding steroid dienone is 2. The van der Waals surface area contributed by atoms with Gasteiger partial charge in [-0.05, 0) is 67.8 Å². The topological polar surface area (TPSA) is 72.9 Å². The Kier molecular flexibility index (Phi) is 8.46. The van der Waals surface area contributed by atoms with Gasteiger partial charge in [-0.2, -0.15) is 0 Å². The van der Waals surface area contributed by atoms with Crippen LogP contribution in [-0.4, -0.2) is 49.6 Å². The van der Waals surface area contributed by atoms with Crippen molar-refractivity contribution in [3.8, 4) is 23.0 Å². The van der Waals surface area contributed by atoms with E-state index in [1.807, 2.05) is 49.5 Å². The third kappa shape index (κ3) is 6.30. The molecule has 37 heavy (non-hydrogen) atoms. The number of carbonyl (C=O) groups excluding carboxylic acids is 1. The molecule has 0 saturated heterocycles. The second-order valence-corrected chi connectivity index (χ2v) is 9.51. The van der Waals surface area contributed by atoms with Crippen LogP contribution in [0.15, 0.2) is 72.5 Å². The van der Waals surface area contributed by atoms with E-state index in [-0.39, 0.29) is 17.9 Å². The Morgan fingerprint density at radius 2 is 1.76 bits per heavy atom. The predicted octanol–water partition coefficient (Wildman–Crippen LogP) is 6.22. The molecule has 7 nitrogen and oxygen atoms in total. The number of hydrogen-bond donors (Lipinski definition) is 1. The van der Waals surface area contributed by atoms with E-state index in [0.29, 0.717) is 23.0 Å². The number of carbonyl (C=O) groups is 1.